The quantitative estimate of drug-likeness (QED) is 0.931. The van der Waals surface area contributed by atoms with Gasteiger partial charge in [-0.05, 0) is 6.42 Å². The predicted molar refractivity (Wildman–Crippen MR) is 78.8 cm³/mol. The summed E-state index contributed by atoms with van der Waals surface area (Å²) in [6.45, 7) is 4.50. The van der Waals surface area contributed by atoms with Crippen molar-refractivity contribution in [2.75, 3.05) is 6.54 Å². The van der Waals surface area contributed by atoms with Crippen LogP contribution in [0.25, 0.3) is 0 Å². The topological polar surface area (TPSA) is 61.9 Å². The normalized spacial score (nSPS) is 15.2. The molecule has 5 nitrogen and oxygen atoms in total. The van der Waals surface area contributed by atoms with Crippen LogP contribution in [0.15, 0.2) is 15.7 Å². The number of nitrogens with one attached hydrogen (secondary N) is 1. The standard InChI is InChI=1S/C14H18N4OS/c1-2-3-13-16-12-4-5-18(6-10-8-20-9-15-10)7-11(12)14(19)17-13/h8-9H,2-7H2,1H3,(H,16,17,19). The number of H-pyrrole nitrogens is 1. The molecule has 2 aromatic heterocycles. The van der Waals surface area contributed by atoms with Crippen molar-refractivity contribution in [2.24, 2.45) is 0 Å². The van der Waals surface area contributed by atoms with Crippen LogP contribution in [0.3, 0.4) is 0 Å². The van der Waals surface area contributed by atoms with Gasteiger partial charge in [0.2, 0.25) is 0 Å². The van der Waals surface area contributed by atoms with E-state index in [9.17, 15) is 4.79 Å². The number of rotatable bonds is 4. The molecule has 1 N–H and O–H groups in total. The van der Waals surface area contributed by atoms with E-state index in [1.54, 1.807) is 11.3 Å². The second kappa shape index (κ2) is 5.85. The van der Waals surface area contributed by atoms with Crippen molar-refractivity contribution in [3.63, 3.8) is 0 Å². The predicted octanol–water partition coefficient (Wildman–Crippen LogP) is 1.74. The molecule has 0 atom stereocenters. The van der Waals surface area contributed by atoms with Crippen LogP contribution >= 0.6 is 11.3 Å². The zero-order chi connectivity index (χ0) is 13.9. The molecule has 106 valence electrons. The van der Waals surface area contributed by atoms with E-state index in [1.807, 2.05) is 5.51 Å². The van der Waals surface area contributed by atoms with Gasteiger partial charge in [-0.1, -0.05) is 6.92 Å². The van der Waals surface area contributed by atoms with E-state index in [0.29, 0.717) is 6.54 Å². The number of aryl methyl sites for hydroxylation is 1. The summed E-state index contributed by atoms with van der Waals surface area (Å²) in [6, 6.07) is 0. The summed E-state index contributed by atoms with van der Waals surface area (Å²) < 4.78 is 0. The smallest absolute Gasteiger partial charge is 0.255 e. The molecule has 3 heterocycles. The summed E-state index contributed by atoms with van der Waals surface area (Å²) >= 11 is 1.61. The SMILES string of the molecule is CCCc1nc2c(c(=O)[nH]1)CN(Cc1cscn1)CC2. The summed E-state index contributed by atoms with van der Waals surface area (Å²) in [5.41, 5.74) is 4.75. The highest BCUT2D eigenvalue weighted by molar-refractivity contribution is 7.07. The lowest BCUT2D eigenvalue weighted by Crippen LogP contribution is -2.35. The van der Waals surface area contributed by atoms with Crippen molar-refractivity contribution in [2.45, 2.75) is 39.3 Å². The van der Waals surface area contributed by atoms with E-state index < -0.39 is 0 Å². The average molecular weight is 290 g/mol. The van der Waals surface area contributed by atoms with Gasteiger partial charge in [0, 0.05) is 37.9 Å². The van der Waals surface area contributed by atoms with Crippen LogP contribution < -0.4 is 5.56 Å². The van der Waals surface area contributed by atoms with Crippen molar-refractivity contribution < 1.29 is 0 Å². The number of hydrogen-bond acceptors (Lipinski definition) is 5. The largest absolute Gasteiger partial charge is 0.310 e. The highest BCUT2D eigenvalue weighted by Crippen LogP contribution is 2.16. The van der Waals surface area contributed by atoms with Crippen molar-refractivity contribution in [3.8, 4) is 0 Å². The van der Waals surface area contributed by atoms with E-state index in [2.05, 4.69) is 32.2 Å². The van der Waals surface area contributed by atoms with Crippen LogP contribution in [0.5, 0.6) is 0 Å². The lowest BCUT2D eigenvalue weighted by Gasteiger charge is -2.27. The first kappa shape index (κ1) is 13.5. The minimum Gasteiger partial charge on any atom is -0.310 e. The molecule has 0 spiro atoms. The van der Waals surface area contributed by atoms with Gasteiger partial charge in [-0.15, -0.1) is 11.3 Å². The molecule has 2 aromatic rings. The Hall–Kier alpha value is -1.53. The summed E-state index contributed by atoms with van der Waals surface area (Å²) in [6.07, 6.45) is 2.68. The van der Waals surface area contributed by atoms with Crippen LogP contribution in [0.1, 0.15) is 36.1 Å². The Morgan fingerprint density at radius 2 is 2.40 bits per heavy atom. The zero-order valence-electron chi connectivity index (χ0n) is 11.6. The van der Waals surface area contributed by atoms with Gasteiger partial charge in [0.05, 0.1) is 22.5 Å². The number of fused-ring (bicyclic) bond motifs is 1. The van der Waals surface area contributed by atoms with Crippen LogP contribution in [0.2, 0.25) is 0 Å². The van der Waals surface area contributed by atoms with E-state index in [4.69, 9.17) is 0 Å². The van der Waals surface area contributed by atoms with E-state index in [1.165, 1.54) is 0 Å². The van der Waals surface area contributed by atoms with Crippen molar-refractivity contribution in [1.82, 2.24) is 19.9 Å². The maximum absolute atomic E-state index is 12.2. The van der Waals surface area contributed by atoms with Gasteiger partial charge in [-0.2, -0.15) is 0 Å². The minimum absolute atomic E-state index is 0.0291. The molecule has 0 saturated carbocycles. The monoisotopic (exact) mass is 290 g/mol. The molecule has 1 aliphatic rings. The number of hydrogen-bond donors (Lipinski definition) is 1. The summed E-state index contributed by atoms with van der Waals surface area (Å²) in [4.78, 5) is 26.2. The molecule has 3 rings (SSSR count). The lowest BCUT2D eigenvalue weighted by atomic mass is 10.1. The molecular weight excluding hydrogens is 272 g/mol. The molecule has 0 aliphatic carbocycles. The van der Waals surface area contributed by atoms with Gasteiger partial charge in [0.1, 0.15) is 5.82 Å². The van der Waals surface area contributed by atoms with Crippen LogP contribution in [-0.2, 0) is 25.9 Å². The van der Waals surface area contributed by atoms with E-state index in [0.717, 1.165) is 55.1 Å². The van der Waals surface area contributed by atoms with E-state index >= 15 is 0 Å². The average Bonchev–Trinajstić information content (AvgIpc) is 2.93. The number of aromatic amines is 1. The fourth-order valence-corrected chi connectivity index (χ4v) is 3.12. The molecule has 20 heavy (non-hydrogen) atoms. The molecule has 1 aliphatic heterocycles. The Balaban J connectivity index is 1.79. The summed E-state index contributed by atoms with van der Waals surface area (Å²) in [7, 11) is 0. The highest BCUT2D eigenvalue weighted by atomic mass is 32.1. The van der Waals surface area contributed by atoms with Crippen molar-refractivity contribution in [3.05, 3.63) is 44.0 Å². The van der Waals surface area contributed by atoms with Gasteiger partial charge >= 0.3 is 0 Å². The fraction of sp³-hybridized carbons (Fsp3) is 0.500. The summed E-state index contributed by atoms with van der Waals surface area (Å²) in [5, 5.41) is 2.06. The van der Waals surface area contributed by atoms with Gasteiger partial charge in [0.15, 0.2) is 0 Å². The second-order valence-electron chi connectivity index (χ2n) is 5.13. The molecule has 0 radical (unpaired) electrons. The molecule has 0 unspecified atom stereocenters. The molecule has 0 saturated heterocycles. The van der Waals surface area contributed by atoms with Crippen LogP contribution in [0, 0.1) is 0 Å². The van der Waals surface area contributed by atoms with E-state index in [-0.39, 0.29) is 5.56 Å². The molecule has 6 heteroatoms. The summed E-state index contributed by atoms with van der Waals surface area (Å²) in [5.74, 6) is 0.823. The van der Waals surface area contributed by atoms with Gasteiger partial charge < -0.3 is 4.98 Å². The fourth-order valence-electron chi connectivity index (χ4n) is 2.57. The molecular formula is C14H18N4OS. The Labute approximate surface area is 121 Å². The Kier molecular flexibility index (Phi) is 3.93. The van der Waals surface area contributed by atoms with Crippen LogP contribution in [0.4, 0.5) is 0 Å². The molecule has 0 bridgehead atoms. The minimum atomic E-state index is 0.0291. The Morgan fingerprint density at radius 3 is 3.15 bits per heavy atom. The van der Waals surface area contributed by atoms with Gasteiger partial charge in [-0.25, -0.2) is 9.97 Å². The third kappa shape index (κ3) is 2.81. The second-order valence-corrected chi connectivity index (χ2v) is 5.85. The lowest BCUT2D eigenvalue weighted by molar-refractivity contribution is 0.239. The molecule has 0 fully saturated rings. The third-order valence-corrected chi connectivity index (χ3v) is 4.19. The first-order valence-electron chi connectivity index (χ1n) is 6.96. The van der Waals surface area contributed by atoms with Crippen molar-refractivity contribution >= 4 is 11.3 Å². The molecule has 0 amide bonds. The number of thiazole rings is 1. The van der Waals surface area contributed by atoms with Crippen LogP contribution in [-0.4, -0.2) is 26.4 Å². The maximum Gasteiger partial charge on any atom is 0.255 e. The Bertz CT molecular complexity index is 635. The highest BCUT2D eigenvalue weighted by Gasteiger charge is 2.21. The van der Waals surface area contributed by atoms with Gasteiger partial charge in [0.25, 0.3) is 5.56 Å². The number of nitrogens with zero attached hydrogens (tertiary/aromatic N) is 3. The number of aromatic nitrogens is 3. The van der Waals surface area contributed by atoms with Crippen molar-refractivity contribution in [1.29, 1.82) is 0 Å². The van der Waals surface area contributed by atoms with Gasteiger partial charge in [-0.3, -0.25) is 9.69 Å². The maximum atomic E-state index is 12.2. The zero-order valence-corrected chi connectivity index (χ0v) is 12.4. The molecule has 0 aromatic carbocycles. The Morgan fingerprint density at radius 1 is 1.50 bits per heavy atom. The first-order valence-corrected chi connectivity index (χ1v) is 7.91. The third-order valence-electron chi connectivity index (χ3n) is 3.55. The first-order chi connectivity index (χ1) is 9.76.